The van der Waals surface area contributed by atoms with Gasteiger partial charge in [-0.15, -0.1) is 0 Å². The molecular weight excluding hydrogens is 534 g/mol. The molecule has 3 aromatic carbocycles. The summed E-state index contributed by atoms with van der Waals surface area (Å²) >= 11 is 0. The number of rotatable bonds is 13. The highest BCUT2D eigenvalue weighted by molar-refractivity contribution is 5.95. The van der Waals surface area contributed by atoms with Crippen molar-refractivity contribution >= 4 is 29.4 Å². The summed E-state index contributed by atoms with van der Waals surface area (Å²) in [6.07, 6.45) is -2.42. The second-order valence-electron chi connectivity index (χ2n) is 8.96. The summed E-state index contributed by atoms with van der Waals surface area (Å²) in [6, 6.07) is 18.1. The molecule has 0 bridgehead atoms. The molecule has 0 aromatic heterocycles. The van der Waals surface area contributed by atoms with E-state index in [0.717, 1.165) is 12.1 Å². The third-order valence-electron chi connectivity index (χ3n) is 6.26. The first-order valence-corrected chi connectivity index (χ1v) is 12.6. The van der Waals surface area contributed by atoms with Crippen molar-refractivity contribution < 1.29 is 39.1 Å². The zero-order valence-corrected chi connectivity index (χ0v) is 22.0. The minimum atomic E-state index is -1.94. The lowest BCUT2D eigenvalue weighted by atomic mass is 9.87. The van der Waals surface area contributed by atoms with Crippen LogP contribution in [0.4, 0.5) is 5.69 Å². The van der Waals surface area contributed by atoms with Crippen LogP contribution in [0.2, 0.25) is 0 Å². The van der Waals surface area contributed by atoms with Crippen molar-refractivity contribution in [3.63, 3.8) is 0 Å². The monoisotopic (exact) mass is 563 g/mol. The van der Waals surface area contributed by atoms with Crippen LogP contribution in [0.3, 0.4) is 0 Å². The molecule has 3 rings (SSSR count). The lowest BCUT2D eigenvalue weighted by Gasteiger charge is -2.28. The molecular formula is C29H29N3O9. The highest BCUT2D eigenvalue weighted by Gasteiger charge is 2.37. The van der Waals surface area contributed by atoms with Gasteiger partial charge in [-0.3, -0.25) is 24.5 Å². The van der Waals surface area contributed by atoms with E-state index in [1.807, 2.05) is 0 Å². The van der Waals surface area contributed by atoms with E-state index in [4.69, 9.17) is 4.74 Å². The Labute approximate surface area is 235 Å². The first-order chi connectivity index (χ1) is 19.6. The molecule has 2 amide bonds. The van der Waals surface area contributed by atoms with Crippen LogP contribution in [0, 0.1) is 10.1 Å². The standard InChI is InChI=1S/C29H29N3O9/c1-2-41-23(33)17-22(18-13-15-21(16-14-18)32(39)40)25(29(37)38)31-28(36)26(34)24(19-9-5-3-6-10-19)30-27(35)20-11-7-4-8-12-20/h3-16,22,24-26,34H,2,17H2,1H3,(H,30,35)(H,31,36)(H,37,38)/t22-,24+,25-,26-/m1/s1. The minimum Gasteiger partial charge on any atom is -0.480 e. The molecule has 41 heavy (non-hydrogen) atoms. The normalized spacial score (nSPS) is 13.6. The number of carboxylic acid groups (broad SMARTS) is 1. The van der Waals surface area contributed by atoms with Crippen molar-refractivity contribution in [2.45, 2.75) is 37.5 Å². The molecule has 0 fully saturated rings. The van der Waals surface area contributed by atoms with E-state index in [1.54, 1.807) is 67.6 Å². The number of esters is 1. The number of nitrogens with zero attached hydrogens (tertiary/aromatic N) is 1. The van der Waals surface area contributed by atoms with Gasteiger partial charge in [0.2, 0.25) is 0 Å². The molecule has 12 heteroatoms. The fourth-order valence-electron chi connectivity index (χ4n) is 4.21. The average Bonchev–Trinajstić information content (AvgIpc) is 2.98. The molecule has 0 saturated carbocycles. The third-order valence-corrected chi connectivity index (χ3v) is 6.26. The van der Waals surface area contributed by atoms with Crippen molar-refractivity contribution in [2.75, 3.05) is 6.61 Å². The molecule has 4 N–H and O–H groups in total. The Morgan fingerprint density at radius 2 is 1.46 bits per heavy atom. The van der Waals surface area contributed by atoms with Crippen molar-refractivity contribution in [1.29, 1.82) is 0 Å². The van der Waals surface area contributed by atoms with Crippen LogP contribution in [0.15, 0.2) is 84.9 Å². The van der Waals surface area contributed by atoms with Crippen molar-refractivity contribution in [3.05, 3.63) is 112 Å². The van der Waals surface area contributed by atoms with Gasteiger partial charge in [-0.2, -0.15) is 0 Å². The molecule has 0 aliphatic rings. The van der Waals surface area contributed by atoms with Gasteiger partial charge in [0.15, 0.2) is 6.10 Å². The Hall–Kier alpha value is -5.10. The van der Waals surface area contributed by atoms with Crippen molar-refractivity contribution in [1.82, 2.24) is 10.6 Å². The maximum atomic E-state index is 13.3. The number of benzene rings is 3. The number of carbonyl (C=O) groups is 4. The molecule has 0 unspecified atom stereocenters. The van der Waals surface area contributed by atoms with Gasteiger partial charge in [0.25, 0.3) is 17.5 Å². The Morgan fingerprint density at radius 3 is 2.00 bits per heavy atom. The molecule has 0 saturated heterocycles. The number of non-ortho nitro benzene ring substituents is 1. The van der Waals surface area contributed by atoms with E-state index < -0.39 is 59.2 Å². The Kier molecular flexibility index (Phi) is 10.6. The van der Waals surface area contributed by atoms with E-state index in [2.05, 4.69) is 10.6 Å². The fraction of sp³-hybridized carbons (Fsp3) is 0.241. The van der Waals surface area contributed by atoms with E-state index >= 15 is 0 Å². The van der Waals surface area contributed by atoms with Gasteiger partial charge >= 0.3 is 11.9 Å². The summed E-state index contributed by atoms with van der Waals surface area (Å²) in [5.74, 6) is -5.20. The SMILES string of the molecule is CCOC(=O)C[C@H](c1ccc([N+](=O)[O-])cc1)[C@@H](NC(=O)[C@H](O)[C@@H](NC(=O)c1ccccc1)c1ccccc1)C(=O)O. The number of aliphatic hydroxyl groups excluding tert-OH is 1. The van der Waals surface area contributed by atoms with Gasteiger partial charge in [0.05, 0.1) is 24.0 Å². The quantitative estimate of drug-likeness (QED) is 0.138. The fourth-order valence-corrected chi connectivity index (χ4v) is 4.21. The molecule has 12 nitrogen and oxygen atoms in total. The van der Waals surface area contributed by atoms with Crippen LogP contribution in [-0.4, -0.2) is 57.6 Å². The van der Waals surface area contributed by atoms with Crippen LogP contribution in [0.5, 0.6) is 0 Å². The minimum absolute atomic E-state index is 0.0223. The molecule has 3 aromatic rings. The average molecular weight is 564 g/mol. The summed E-state index contributed by atoms with van der Waals surface area (Å²) in [5, 5.41) is 37.1. The van der Waals surface area contributed by atoms with Crippen LogP contribution >= 0.6 is 0 Å². The zero-order valence-electron chi connectivity index (χ0n) is 22.0. The Balaban J connectivity index is 1.91. The highest BCUT2D eigenvalue weighted by atomic mass is 16.6. The van der Waals surface area contributed by atoms with Crippen molar-refractivity contribution in [3.8, 4) is 0 Å². The summed E-state index contributed by atoms with van der Waals surface area (Å²) < 4.78 is 4.97. The van der Waals surface area contributed by atoms with Gasteiger partial charge < -0.3 is 25.6 Å². The van der Waals surface area contributed by atoms with Gasteiger partial charge in [0, 0.05) is 23.6 Å². The Bertz CT molecular complexity index is 1370. The number of hydrogen-bond acceptors (Lipinski definition) is 8. The number of aliphatic carboxylic acids is 1. The van der Waals surface area contributed by atoms with E-state index in [1.165, 1.54) is 12.1 Å². The summed E-state index contributed by atoms with van der Waals surface area (Å²) in [6.45, 7) is 1.59. The summed E-state index contributed by atoms with van der Waals surface area (Å²) in [7, 11) is 0. The second kappa shape index (κ2) is 14.3. The van der Waals surface area contributed by atoms with Crippen LogP contribution < -0.4 is 10.6 Å². The first-order valence-electron chi connectivity index (χ1n) is 12.6. The number of carboxylic acids is 1. The molecule has 0 heterocycles. The maximum Gasteiger partial charge on any atom is 0.326 e. The molecule has 0 aliphatic heterocycles. The largest absolute Gasteiger partial charge is 0.480 e. The number of ether oxygens (including phenoxy) is 1. The second-order valence-corrected chi connectivity index (χ2v) is 8.96. The lowest BCUT2D eigenvalue weighted by Crippen LogP contribution is -2.52. The first kappa shape index (κ1) is 30.4. The number of carbonyl (C=O) groups excluding carboxylic acids is 3. The topological polar surface area (TPSA) is 185 Å². The highest BCUT2D eigenvalue weighted by Crippen LogP contribution is 2.28. The Morgan fingerprint density at radius 1 is 0.878 bits per heavy atom. The van der Waals surface area contributed by atoms with Crippen molar-refractivity contribution in [2.24, 2.45) is 0 Å². The number of aliphatic hydroxyl groups is 1. The predicted molar refractivity (Wildman–Crippen MR) is 146 cm³/mol. The number of nitrogens with one attached hydrogen (secondary N) is 2. The van der Waals surface area contributed by atoms with Gasteiger partial charge in [-0.05, 0) is 30.2 Å². The van der Waals surface area contributed by atoms with E-state index in [-0.39, 0.29) is 23.4 Å². The molecule has 0 spiro atoms. The summed E-state index contributed by atoms with van der Waals surface area (Å²) in [5.41, 5.74) is 0.611. The summed E-state index contributed by atoms with van der Waals surface area (Å²) in [4.78, 5) is 61.4. The molecule has 0 radical (unpaired) electrons. The number of hydrogen-bond donors (Lipinski definition) is 4. The molecule has 214 valence electrons. The maximum absolute atomic E-state index is 13.3. The van der Waals surface area contributed by atoms with E-state index in [9.17, 15) is 39.5 Å². The number of nitro benzene ring substituents is 1. The van der Waals surface area contributed by atoms with Crippen LogP contribution in [0.25, 0.3) is 0 Å². The lowest BCUT2D eigenvalue weighted by molar-refractivity contribution is -0.384. The smallest absolute Gasteiger partial charge is 0.326 e. The van der Waals surface area contributed by atoms with Crippen LogP contribution in [-0.2, 0) is 19.1 Å². The predicted octanol–water partition coefficient (Wildman–Crippen LogP) is 2.73. The number of nitro groups is 1. The molecule has 4 atom stereocenters. The number of amides is 2. The van der Waals surface area contributed by atoms with E-state index in [0.29, 0.717) is 5.56 Å². The third kappa shape index (κ3) is 8.19. The van der Waals surface area contributed by atoms with Gasteiger partial charge in [0.1, 0.15) is 6.04 Å². The van der Waals surface area contributed by atoms with Gasteiger partial charge in [-0.1, -0.05) is 60.7 Å². The zero-order chi connectivity index (χ0) is 29.9. The van der Waals surface area contributed by atoms with Crippen LogP contribution in [0.1, 0.15) is 46.8 Å². The molecule has 0 aliphatic carbocycles. The van der Waals surface area contributed by atoms with Gasteiger partial charge in [-0.25, -0.2) is 4.79 Å².